The highest BCUT2D eigenvalue weighted by Gasteiger charge is 2.28. The number of hydrogen-bond acceptors (Lipinski definition) is 6. The molecule has 1 aromatic carbocycles. The second-order valence-electron chi connectivity index (χ2n) is 5.45. The summed E-state index contributed by atoms with van der Waals surface area (Å²) in [7, 11) is 4.16. The lowest BCUT2D eigenvalue weighted by Gasteiger charge is -2.35. The third-order valence-corrected chi connectivity index (χ3v) is 4.07. The van der Waals surface area contributed by atoms with Crippen LogP contribution < -0.4 is 5.73 Å². The molecule has 112 valence electrons. The normalized spacial score (nSPS) is 20.8. The molecule has 0 radical (unpaired) electrons. The van der Waals surface area contributed by atoms with Gasteiger partial charge >= 0.3 is 0 Å². The molecule has 1 unspecified atom stereocenters. The second kappa shape index (κ2) is 5.63. The Labute approximate surface area is 128 Å². The summed E-state index contributed by atoms with van der Waals surface area (Å²) in [6, 6.07) is 5.34. The number of halogens is 1. The van der Waals surface area contributed by atoms with Gasteiger partial charge in [-0.25, -0.2) is 0 Å². The van der Waals surface area contributed by atoms with E-state index in [1.807, 2.05) is 0 Å². The van der Waals surface area contributed by atoms with E-state index in [2.05, 4.69) is 34.0 Å². The van der Waals surface area contributed by atoms with E-state index < -0.39 is 0 Å². The number of nitrogens with two attached hydrogens (primary N) is 1. The van der Waals surface area contributed by atoms with Gasteiger partial charge in [0.1, 0.15) is 0 Å². The van der Waals surface area contributed by atoms with E-state index in [1.165, 1.54) is 0 Å². The average molecular weight is 308 g/mol. The van der Waals surface area contributed by atoms with Gasteiger partial charge in [0.05, 0.1) is 11.6 Å². The van der Waals surface area contributed by atoms with Crippen LogP contribution >= 0.6 is 11.6 Å². The van der Waals surface area contributed by atoms with Crippen LogP contribution in [0, 0.1) is 0 Å². The third-order valence-electron chi connectivity index (χ3n) is 3.84. The molecule has 2 heterocycles. The summed E-state index contributed by atoms with van der Waals surface area (Å²) in [5, 5.41) is 4.71. The quantitative estimate of drug-likeness (QED) is 0.854. The van der Waals surface area contributed by atoms with Crippen LogP contribution in [-0.2, 0) is 0 Å². The first-order chi connectivity index (χ1) is 10.0. The number of benzene rings is 1. The van der Waals surface area contributed by atoms with Crippen molar-refractivity contribution in [1.82, 2.24) is 19.9 Å². The number of hydrogen-bond donors (Lipinski definition) is 1. The Morgan fingerprint density at radius 3 is 2.95 bits per heavy atom. The van der Waals surface area contributed by atoms with Gasteiger partial charge in [-0.3, -0.25) is 4.90 Å². The summed E-state index contributed by atoms with van der Waals surface area (Å²) in [6.07, 6.45) is 0. The maximum atomic E-state index is 6.00. The Morgan fingerprint density at radius 1 is 1.33 bits per heavy atom. The van der Waals surface area contributed by atoms with Crippen molar-refractivity contribution in [1.29, 1.82) is 0 Å². The smallest absolute Gasteiger partial charge is 0.260 e. The first-order valence-electron chi connectivity index (χ1n) is 6.82. The van der Waals surface area contributed by atoms with Crippen LogP contribution in [0.1, 0.15) is 11.9 Å². The third kappa shape index (κ3) is 2.88. The molecule has 0 saturated carbocycles. The number of anilines is 1. The molecule has 6 nitrogen and oxygen atoms in total. The maximum Gasteiger partial charge on any atom is 0.260 e. The molecule has 1 aliphatic heterocycles. The minimum Gasteiger partial charge on any atom is -0.398 e. The van der Waals surface area contributed by atoms with Gasteiger partial charge in [0.2, 0.25) is 0 Å². The van der Waals surface area contributed by atoms with E-state index in [4.69, 9.17) is 21.9 Å². The standard InChI is InChI=1S/C14H18ClN5O/c1-19-5-6-20(2)12(8-19)13-17-14(21-18-13)10-7-9(15)3-4-11(10)16/h3-4,7,12H,5-6,8,16H2,1-2H3. The molecule has 1 fully saturated rings. The SMILES string of the molecule is CN1CCN(C)C(c2noc(-c3cc(Cl)ccc3N)n2)C1. The highest BCUT2D eigenvalue weighted by molar-refractivity contribution is 6.31. The van der Waals surface area contributed by atoms with Crippen LogP contribution in [0.25, 0.3) is 11.5 Å². The van der Waals surface area contributed by atoms with Crippen molar-refractivity contribution in [2.75, 3.05) is 39.5 Å². The number of nitrogens with zero attached hydrogens (tertiary/aromatic N) is 4. The lowest BCUT2D eigenvalue weighted by atomic mass is 10.1. The van der Waals surface area contributed by atoms with Crippen LogP contribution in [0.3, 0.4) is 0 Å². The molecule has 3 rings (SSSR count). The van der Waals surface area contributed by atoms with Gasteiger partial charge in [0.15, 0.2) is 5.82 Å². The van der Waals surface area contributed by atoms with Crippen molar-refractivity contribution in [3.63, 3.8) is 0 Å². The van der Waals surface area contributed by atoms with Crippen molar-refractivity contribution >= 4 is 17.3 Å². The zero-order valence-corrected chi connectivity index (χ0v) is 12.8. The minimum atomic E-state index is 0.127. The van der Waals surface area contributed by atoms with E-state index in [-0.39, 0.29) is 6.04 Å². The molecule has 0 bridgehead atoms. The van der Waals surface area contributed by atoms with E-state index in [0.29, 0.717) is 28.0 Å². The van der Waals surface area contributed by atoms with Gasteiger partial charge in [-0.1, -0.05) is 16.8 Å². The number of likely N-dealkylation sites (N-methyl/N-ethyl adjacent to an activating group) is 2. The summed E-state index contributed by atoms with van der Waals surface area (Å²) in [5.41, 5.74) is 7.20. The van der Waals surface area contributed by atoms with Crippen LogP contribution in [0.2, 0.25) is 5.02 Å². The maximum absolute atomic E-state index is 6.00. The molecule has 1 atom stereocenters. The van der Waals surface area contributed by atoms with E-state index >= 15 is 0 Å². The Hall–Kier alpha value is -1.63. The van der Waals surface area contributed by atoms with Crippen LogP contribution in [0.4, 0.5) is 5.69 Å². The molecule has 1 aromatic heterocycles. The van der Waals surface area contributed by atoms with Gasteiger partial charge in [-0.15, -0.1) is 0 Å². The first-order valence-corrected chi connectivity index (χ1v) is 7.20. The predicted molar refractivity (Wildman–Crippen MR) is 82.0 cm³/mol. The molecule has 7 heteroatoms. The highest BCUT2D eigenvalue weighted by atomic mass is 35.5. The number of piperazine rings is 1. The zero-order valence-electron chi connectivity index (χ0n) is 12.1. The fourth-order valence-corrected chi connectivity index (χ4v) is 2.65. The summed E-state index contributed by atoms with van der Waals surface area (Å²) in [4.78, 5) is 9.00. The van der Waals surface area contributed by atoms with Crippen molar-refractivity contribution < 1.29 is 4.52 Å². The molecule has 2 aromatic rings. The zero-order chi connectivity index (χ0) is 15.0. The van der Waals surface area contributed by atoms with Gasteiger partial charge in [-0.2, -0.15) is 4.98 Å². The fraction of sp³-hybridized carbons (Fsp3) is 0.429. The van der Waals surface area contributed by atoms with E-state index in [0.717, 1.165) is 19.6 Å². The molecule has 0 amide bonds. The Bertz CT molecular complexity index is 644. The predicted octanol–water partition coefficient (Wildman–Crippen LogP) is 1.89. The topological polar surface area (TPSA) is 71.4 Å². The van der Waals surface area contributed by atoms with Gasteiger partial charge < -0.3 is 15.2 Å². The van der Waals surface area contributed by atoms with Gasteiger partial charge in [0, 0.05) is 30.3 Å². The molecule has 1 aliphatic rings. The van der Waals surface area contributed by atoms with Crippen LogP contribution in [0.5, 0.6) is 0 Å². The van der Waals surface area contributed by atoms with E-state index in [9.17, 15) is 0 Å². The highest BCUT2D eigenvalue weighted by Crippen LogP contribution is 2.29. The minimum absolute atomic E-state index is 0.127. The summed E-state index contributed by atoms with van der Waals surface area (Å²) in [6.45, 7) is 2.89. The summed E-state index contributed by atoms with van der Waals surface area (Å²) in [5.74, 6) is 1.09. The average Bonchev–Trinajstić information content (AvgIpc) is 2.93. The Kier molecular flexibility index (Phi) is 3.84. The number of nitrogen functional groups attached to an aromatic ring is 1. The molecular weight excluding hydrogens is 290 g/mol. The summed E-state index contributed by atoms with van der Waals surface area (Å²) >= 11 is 6.00. The Balaban J connectivity index is 1.91. The largest absolute Gasteiger partial charge is 0.398 e. The molecule has 0 spiro atoms. The van der Waals surface area contributed by atoms with E-state index in [1.54, 1.807) is 18.2 Å². The van der Waals surface area contributed by atoms with Crippen molar-refractivity contribution in [2.24, 2.45) is 0 Å². The number of aromatic nitrogens is 2. The number of rotatable bonds is 2. The lowest BCUT2D eigenvalue weighted by Crippen LogP contribution is -2.45. The lowest BCUT2D eigenvalue weighted by molar-refractivity contribution is 0.108. The first kappa shape index (κ1) is 14.3. The monoisotopic (exact) mass is 307 g/mol. The molecule has 1 saturated heterocycles. The molecule has 21 heavy (non-hydrogen) atoms. The second-order valence-corrected chi connectivity index (χ2v) is 5.88. The van der Waals surface area contributed by atoms with Crippen LogP contribution in [0.15, 0.2) is 22.7 Å². The molecular formula is C14H18ClN5O. The molecule has 2 N–H and O–H groups in total. The summed E-state index contributed by atoms with van der Waals surface area (Å²) < 4.78 is 5.38. The van der Waals surface area contributed by atoms with Crippen molar-refractivity contribution in [3.8, 4) is 11.5 Å². The molecule has 0 aliphatic carbocycles. The Morgan fingerprint density at radius 2 is 2.14 bits per heavy atom. The van der Waals surface area contributed by atoms with Crippen molar-refractivity contribution in [3.05, 3.63) is 29.0 Å². The van der Waals surface area contributed by atoms with Gasteiger partial charge in [0.25, 0.3) is 5.89 Å². The fourth-order valence-electron chi connectivity index (χ4n) is 2.48. The van der Waals surface area contributed by atoms with Crippen molar-refractivity contribution in [2.45, 2.75) is 6.04 Å². The van der Waals surface area contributed by atoms with Crippen LogP contribution in [-0.4, -0.2) is 53.7 Å². The van der Waals surface area contributed by atoms with Gasteiger partial charge in [-0.05, 0) is 32.3 Å².